The van der Waals surface area contributed by atoms with Crippen LogP contribution in [0.5, 0.6) is 0 Å². The molecule has 1 N–H and O–H groups in total. The number of benzene rings is 2. The molecule has 1 heterocycles. The summed E-state index contributed by atoms with van der Waals surface area (Å²) in [6.45, 7) is 6.64. The molecule has 0 saturated heterocycles. The van der Waals surface area contributed by atoms with E-state index in [1.54, 1.807) is 0 Å². The van der Waals surface area contributed by atoms with Gasteiger partial charge in [-0.15, -0.1) is 0 Å². The van der Waals surface area contributed by atoms with Crippen molar-refractivity contribution in [3.05, 3.63) is 59.9 Å². The standard InChI is InChI=1S/C20H23N3O/c1-4-19-22-17-7-5-6-8-18(17)23(19)13-20(24)21-16-11-9-15(10-12-16)14(2)3/h5-12,14H,4,13H2,1-3H3,(H,21,24). The molecule has 0 bridgehead atoms. The molecule has 4 nitrogen and oxygen atoms in total. The van der Waals surface area contributed by atoms with Crippen molar-refractivity contribution in [2.45, 2.75) is 39.7 Å². The van der Waals surface area contributed by atoms with Crippen LogP contribution in [0.1, 0.15) is 38.1 Å². The largest absolute Gasteiger partial charge is 0.325 e. The summed E-state index contributed by atoms with van der Waals surface area (Å²) in [5.41, 5.74) is 4.02. The Labute approximate surface area is 142 Å². The van der Waals surface area contributed by atoms with Gasteiger partial charge in [-0.05, 0) is 35.7 Å². The Morgan fingerprint density at radius 3 is 2.50 bits per heavy atom. The maximum absolute atomic E-state index is 12.5. The van der Waals surface area contributed by atoms with E-state index in [9.17, 15) is 4.79 Å². The zero-order valence-corrected chi connectivity index (χ0v) is 14.4. The number of imidazole rings is 1. The zero-order chi connectivity index (χ0) is 17.1. The summed E-state index contributed by atoms with van der Waals surface area (Å²) >= 11 is 0. The molecule has 2 aromatic carbocycles. The first-order chi connectivity index (χ1) is 11.6. The molecule has 0 aliphatic carbocycles. The third kappa shape index (κ3) is 3.32. The van der Waals surface area contributed by atoms with Crippen LogP contribution in [-0.4, -0.2) is 15.5 Å². The van der Waals surface area contributed by atoms with Gasteiger partial charge >= 0.3 is 0 Å². The number of carbonyl (C=O) groups is 1. The van der Waals surface area contributed by atoms with Crippen LogP contribution >= 0.6 is 0 Å². The average molecular weight is 321 g/mol. The van der Waals surface area contributed by atoms with Crippen molar-refractivity contribution in [2.75, 3.05) is 5.32 Å². The van der Waals surface area contributed by atoms with Crippen LogP contribution in [0.3, 0.4) is 0 Å². The molecule has 124 valence electrons. The SMILES string of the molecule is CCc1nc2ccccc2n1CC(=O)Nc1ccc(C(C)C)cc1. The number of amides is 1. The third-order valence-corrected chi connectivity index (χ3v) is 4.21. The Morgan fingerprint density at radius 2 is 1.83 bits per heavy atom. The molecule has 1 aromatic heterocycles. The molecule has 3 aromatic rings. The van der Waals surface area contributed by atoms with Crippen LogP contribution in [0.2, 0.25) is 0 Å². The average Bonchev–Trinajstić information content (AvgIpc) is 2.93. The first-order valence-corrected chi connectivity index (χ1v) is 8.42. The van der Waals surface area contributed by atoms with E-state index < -0.39 is 0 Å². The van der Waals surface area contributed by atoms with Gasteiger partial charge in [-0.1, -0.05) is 45.0 Å². The number of aryl methyl sites for hydroxylation is 1. The van der Waals surface area contributed by atoms with Crippen molar-refractivity contribution in [2.24, 2.45) is 0 Å². The van der Waals surface area contributed by atoms with Gasteiger partial charge in [-0.25, -0.2) is 4.98 Å². The molecule has 0 unspecified atom stereocenters. The van der Waals surface area contributed by atoms with E-state index in [4.69, 9.17) is 0 Å². The molecule has 24 heavy (non-hydrogen) atoms. The lowest BCUT2D eigenvalue weighted by atomic mass is 10.0. The molecule has 0 atom stereocenters. The summed E-state index contributed by atoms with van der Waals surface area (Å²) < 4.78 is 1.99. The molecule has 0 aliphatic rings. The third-order valence-electron chi connectivity index (χ3n) is 4.21. The van der Waals surface area contributed by atoms with Crippen molar-refractivity contribution in [1.29, 1.82) is 0 Å². The summed E-state index contributed by atoms with van der Waals surface area (Å²) in [5.74, 6) is 1.38. The summed E-state index contributed by atoms with van der Waals surface area (Å²) in [6, 6.07) is 16.0. The van der Waals surface area contributed by atoms with E-state index in [2.05, 4.69) is 43.2 Å². The van der Waals surface area contributed by atoms with Crippen molar-refractivity contribution < 1.29 is 4.79 Å². The van der Waals surface area contributed by atoms with Crippen LogP contribution in [-0.2, 0) is 17.8 Å². The number of carbonyl (C=O) groups excluding carboxylic acids is 1. The molecule has 3 rings (SSSR count). The van der Waals surface area contributed by atoms with E-state index in [1.165, 1.54) is 5.56 Å². The van der Waals surface area contributed by atoms with E-state index in [0.717, 1.165) is 29.0 Å². The monoisotopic (exact) mass is 321 g/mol. The number of aromatic nitrogens is 2. The highest BCUT2D eigenvalue weighted by Crippen LogP contribution is 2.19. The number of nitrogens with zero attached hydrogens (tertiary/aromatic N) is 2. The van der Waals surface area contributed by atoms with E-state index in [0.29, 0.717) is 5.92 Å². The minimum atomic E-state index is -0.0369. The highest BCUT2D eigenvalue weighted by Gasteiger charge is 2.12. The van der Waals surface area contributed by atoms with Crippen LogP contribution in [0, 0.1) is 0 Å². The molecule has 1 amide bonds. The van der Waals surface area contributed by atoms with Gasteiger partial charge in [0.1, 0.15) is 12.4 Å². The summed E-state index contributed by atoms with van der Waals surface area (Å²) in [5, 5.41) is 2.97. The van der Waals surface area contributed by atoms with E-state index in [1.807, 2.05) is 41.0 Å². The summed E-state index contributed by atoms with van der Waals surface area (Å²) in [6.07, 6.45) is 0.797. The second-order valence-electron chi connectivity index (χ2n) is 6.28. The van der Waals surface area contributed by atoms with Crippen molar-refractivity contribution in [3.63, 3.8) is 0 Å². The Bertz CT molecular complexity index is 847. The van der Waals surface area contributed by atoms with Crippen LogP contribution < -0.4 is 5.32 Å². The number of fused-ring (bicyclic) bond motifs is 1. The highest BCUT2D eigenvalue weighted by atomic mass is 16.1. The fourth-order valence-electron chi connectivity index (χ4n) is 2.87. The lowest BCUT2D eigenvalue weighted by molar-refractivity contribution is -0.116. The molecule has 0 saturated carbocycles. The highest BCUT2D eigenvalue weighted by molar-refractivity contribution is 5.91. The van der Waals surface area contributed by atoms with E-state index in [-0.39, 0.29) is 12.5 Å². The number of anilines is 1. The molecular weight excluding hydrogens is 298 g/mol. The van der Waals surface area contributed by atoms with Gasteiger partial charge in [0, 0.05) is 12.1 Å². The fourth-order valence-corrected chi connectivity index (χ4v) is 2.87. The van der Waals surface area contributed by atoms with Gasteiger partial charge in [-0.2, -0.15) is 0 Å². The molecule has 0 radical (unpaired) electrons. The first kappa shape index (κ1) is 16.2. The van der Waals surface area contributed by atoms with Gasteiger partial charge in [0.2, 0.25) is 5.91 Å². The molecular formula is C20H23N3O. The van der Waals surface area contributed by atoms with Crippen molar-refractivity contribution >= 4 is 22.6 Å². The predicted molar refractivity (Wildman–Crippen MR) is 98.3 cm³/mol. The quantitative estimate of drug-likeness (QED) is 0.759. The van der Waals surface area contributed by atoms with Crippen LogP contribution in [0.25, 0.3) is 11.0 Å². The number of hydrogen-bond acceptors (Lipinski definition) is 2. The van der Waals surface area contributed by atoms with Crippen molar-refractivity contribution in [3.8, 4) is 0 Å². The van der Waals surface area contributed by atoms with Gasteiger partial charge in [0.25, 0.3) is 0 Å². The van der Waals surface area contributed by atoms with Gasteiger partial charge < -0.3 is 9.88 Å². The maximum Gasteiger partial charge on any atom is 0.244 e. The minimum absolute atomic E-state index is 0.0369. The summed E-state index contributed by atoms with van der Waals surface area (Å²) in [7, 11) is 0. The topological polar surface area (TPSA) is 46.9 Å². The lowest BCUT2D eigenvalue weighted by Crippen LogP contribution is -2.20. The summed E-state index contributed by atoms with van der Waals surface area (Å²) in [4.78, 5) is 17.1. The fraction of sp³-hybridized carbons (Fsp3) is 0.300. The van der Waals surface area contributed by atoms with Gasteiger partial charge in [0.05, 0.1) is 11.0 Å². The van der Waals surface area contributed by atoms with Crippen molar-refractivity contribution in [1.82, 2.24) is 9.55 Å². The second-order valence-corrected chi connectivity index (χ2v) is 6.28. The maximum atomic E-state index is 12.5. The smallest absolute Gasteiger partial charge is 0.244 e. The van der Waals surface area contributed by atoms with Gasteiger partial charge in [-0.3, -0.25) is 4.79 Å². The normalized spacial score (nSPS) is 11.2. The molecule has 0 spiro atoms. The Hall–Kier alpha value is -2.62. The van der Waals surface area contributed by atoms with Gasteiger partial charge in [0.15, 0.2) is 0 Å². The number of rotatable bonds is 5. The Balaban J connectivity index is 1.77. The Morgan fingerprint density at radius 1 is 1.12 bits per heavy atom. The predicted octanol–water partition coefficient (Wildman–Crippen LogP) is 4.36. The lowest BCUT2D eigenvalue weighted by Gasteiger charge is -2.10. The zero-order valence-electron chi connectivity index (χ0n) is 14.4. The van der Waals surface area contributed by atoms with Crippen LogP contribution in [0.15, 0.2) is 48.5 Å². The molecule has 0 aliphatic heterocycles. The number of nitrogens with one attached hydrogen (secondary N) is 1. The Kier molecular flexibility index (Phi) is 4.65. The first-order valence-electron chi connectivity index (χ1n) is 8.42. The number of hydrogen-bond donors (Lipinski definition) is 1. The second kappa shape index (κ2) is 6.87. The molecule has 4 heteroatoms. The minimum Gasteiger partial charge on any atom is -0.325 e. The van der Waals surface area contributed by atoms with Crippen LogP contribution in [0.4, 0.5) is 5.69 Å². The van der Waals surface area contributed by atoms with E-state index >= 15 is 0 Å². The number of para-hydroxylation sites is 2. The molecule has 0 fully saturated rings.